The van der Waals surface area contributed by atoms with Gasteiger partial charge in [-0.2, -0.15) is 12.7 Å². The molecule has 1 heterocycles. The lowest BCUT2D eigenvalue weighted by molar-refractivity contribution is 0.506. The molecule has 22 heavy (non-hydrogen) atoms. The molecule has 0 aliphatic carbocycles. The molecule has 0 unspecified atom stereocenters. The molecule has 1 rings (SSSR count). The van der Waals surface area contributed by atoms with E-state index in [2.05, 4.69) is 4.98 Å². The first kappa shape index (κ1) is 19.1. The number of rotatable bonds is 12. The van der Waals surface area contributed by atoms with Gasteiger partial charge in [0.15, 0.2) is 0 Å². The minimum absolute atomic E-state index is 0.622. The third-order valence-electron chi connectivity index (χ3n) is 3.74. The number of nitrogens with zero attached hydrogens (tertiary/aromatic N) is 3. The smallest absolute Gasteiger partial charge is 0.308 e. The number of unbranched alkanes of at least 4 members (excludes halogenated alkanes) is 7. The zero-order valence-electron chi connectivity index (χ0n) is 13.9. The van der Waals surface area contributed by atoms with E-state index in [1.54, 1.807) is 6.20 Å². The molecule has 7 heteroatoms. The molecule has 0 saturated heterocycles. The first-order valence-electron chi connectivity index (χ1n) is 8.15. The summed E-state index contributed by atoms with van der Waals surface area (Å²) in [4.78, 5) is 4.18. The van der Waals surface area contributed by atoms with Crippen LogP contribution in [0.25, 0.3) is 0 Å². The zero-order valence-corrected chi connectivity index (χ0v) is 14.7. The average molecular weight is 330 g/mol. The number of nitrogens with two attached hydrogens (primary N) is 1. The summed E-state index contributed by atoms with van der Waals surface area (Å²) >= 11 is 0. The van der Waals surface area contributed by atoms with Gasteiger partial charge in [-0.15, -0.1) is 0 Å². The van der Waals surface area contributed by atoms with Gasteiger partial charge >= 0.3 is 10.2 Å². The normalized spacial score (nSPS) is 12.2. The fourth-order valence-corrected chi connectivity index (χ4v) is 3.34. The van der Waals surface area contributed by atoms with Crippen LogP contribution in [0.15, 0.2) is 12.4 Å². The molecule has 0 atom stereocenters. The molecule has 2 N–H and O–H groups in total. The largest absolute Gasteiger partial charge is 0.330 e. The van der Waals surface area contributed by atoms with Crippen LogP contribution in [0.2, 0.25) is 0 Å². The van der Waals surface area contributed by atoms with E-state index in [1.807, 2.05) is 0 Å². The van der Waals surface area contributed by atoms with E-state index in [1.165, 1.54) is 60.7 Å². The highest BCUT2D eigenvalue weighted by molar-refractivity contribution is 7.87. The van der Waals surface area contributed by atoms with E-state index in [0.717, 1.165) is 25.8 Å². The van der Waals surface area contributed by atoms with Crippen molar-refractivity contribution >= 4 is 10.2 Å². The van der Waals surface area contributed by atoms with Gasteiger partial charge in [-0.3, -0.25) is 0 Å². The predicted molar refractivity (Wildman–Crippen MR) is 89.9 cm³/mol. The lowest BCUT2D eigenvalue weighted by Gasteiger charge is -2.14. The van der Waals surface area contributed by atoms with Gasteiger partial charge in [0, 0.05) is 32.9 Å². The summed E-state index contributed by atoms with van der Waals surface area (Å²) in [5.41, 5.74) is 5.46. The summed E-state index contributed by atoms with van der Waals surface area (Å²) in [5.74, 6) is 0.622. The molecule has 0 saturated carbocycles. The van der Waals surface area contributed by atoms with E-state index in [9.17, 15) is 8.42 Å². The number of hydrogen-bond acceptors (Lipinski definition) is 4. The van der Waals surface area contributed by atoms with E-state index in [4.69, 9.17) is 5.73 Å². The van der Waals surface area contributed by atoms with E-state index >= 15 is 0 Å². The molecule has 0 spiro atoms. The van der Waals surface area contributed by atoms with Crippen LogP contribution in [0.4, 0.5) is 0 Å². The van der Waals surface area contributed by atoms with Crippen LogP contribution >= 0.6 is 0 Å². The molecule has 0 aliphatic rings. The van der Waals surface area contributed by atoms with Crippen molar-refractivity contribution in [2.45, 2.75) is 57.8 Å². The van der Waals surface area contributed by atoms with Gasteiger partial charge in [-0.05, 0) is 19.4 Å². The zero-order chi connectivity index (χ0) is 16.4. The first-order chi connectivity index (χ1) is 10.5. The second-order valence-electron chi connectivity index (χ2n) is 5.80. The van der Waals surface area contributed by atoms with Crippen LogP contribution in [0.3, 0.4) is 0 Å². The number of imidazole rings is 1. The van der Waals surface area contributed by atoms with Crippen LogP contribution in [0.5, 0.6) is 0 Å². The van der Waals surface area contributed by atoms with Crippen LogP contribution < -0.4 is 5.73 Å². The Labute approximate surface area is 134 Å². The van der Waals surface area contributed by atoms with Gasteiger partial charge in [0.25, 0.3) is 0 Å². The summed E-state index contributed by atoms with van der Waals surface area (Å²) in [5, 5.41) is 0. The van der Waals surface area contributed by atoms with Crippen molar-refractivity contribution in [1.29, 1.82) is 0 Å². The Hall–Kier alpha value is -0.920. The van der Waals surface area contributed by atoms with Crippen molar-refractivity contribution in [3.63, 3.8) is 0 Å². The molecule has 0 bridgehead atoms. The molecule has 0 aromatic carbocycles. The quantitative estimate of drug-likeness (QED) is 0.595. The topological polar surface area (TPSA) is 81.2 Å². The summed E-state index contributed by atoms with van der Waals surface area (Å²) in [7, 11) is -0.384. The van der Waals surface area contributed by atoms with Crippen molar-refractivity contribution in [3.05, 3.63) is 18.2 Å². The maximum Gasteiger partial charge on any atom is 0.308 e. The Bertz CT molecular complexity index is 511. The van der Waals surface area contributed by atoms with Crippen molar-refractivity contribution in [3.8, 4) is 0 Å². The molecule has 0 amide bonds. The van der Waals surface area contributed by atoms with E-state index in [0.29, 0.717) is 12.2 Å². The molecular weight excluding hydrogens is 300 g/mol. The Morgan fingerprint density at radius 3 is 2.14 bits per heavy atom. The average Bonchev–Trinajstić information content (AvgIpc) is 2.94. The van der Waals surface area contributed by atoms with Crippen LogP contribution in [-0.4, -0.2) is 42.3 Å². The van der Waals surface area contributed by atoms with Crippen LogP contribution in [0, 0.1) is 0 Å². The SMILES string of the molecule is CN(C)S(=O)(=O)n1ccnc1CCCCCCCCCCN. The maximum atomic E-state index is 12.1. The lowest BCUT2D eigenvalue weighted by Crippen LogP contribution is -2.29. The molecule has 0 radical (unpaired) electrons. The summed E-state index contributed by atoms with van der Waals surface area (Å²) in [6.45, 7) is 0.794. The Kier molecular flexibility index (Phi) is 8.67. The molecule has 0 aliphatic heterocycles. The molecule has 0 fully saturated rings. The van der Waals surface area contributed by atoms with Crippen molar-refractivity contribution in [1.82, 2.24) is 13.3 Å². The molecule has 1 aromatic rings. The van der Waals surface area contributed by atoms with Crippen LogP contribution in [-0.2, 0) is 16.6 Å². The second kappa shape index (κ2) is 9.97. The second-order valence-corrected chi connectivity index (χ2v) is 7.82. The van der Waals surface area contributed by atoms with Crippen molar-refractivity contribution in [2.24, 2.45) is 5.73 Å². The van der Waals surface area contributed by atoms with Gasteiger partial charge in [0.1, 0.15) is 5.82 Å². The maximum absolute atomic E-state index is 12.1. The van der Waals surface area contributed by atoms with Crippen LogP contribution in [0.1, 0.15) is 57.2 Å². The van der Waals surface area contributed by atoms with Gasteiger partial charge in [-0.25, -0.2) is 8.96 Å². The lowest BCUT2D eigenvalue weighted by atomic mass is 10.1. The predicted octanol–water partition coefficient (Wildman–Crippen LogP) is 2.16. The van der Waals surface area contributed by atoms with Gasteiger partial charge < -0.3 is 5.73 Å². The third kappa shape index (κ3) is 6.06. The van der Waals surface area contributed by atoms with Gasteiger partial charge in [0.2, 0.25) is 0 Å². The number of hydrogen-bond donors (Lipinski definition) is 1. The summed E-state index contributed by atoms with van der Waals surface area (Å²) in [6, 6.07) is 0. The summed E-state index contributed by atoms with van der Waals surface area (Å²) in [6.07, 6.45) is 13.2. The minimum atomic E-state index is -3.45. The third-order valence-corrected chi connectivity index (χ3v) is 5.50. The molecule has 6 nitrogen and oxygen atoms in total. The minimum Gasteiger partial charge on any atom is -0.330 e. The van der Waals surface area contributed by atoms with E-state index in [-0.39, 0.29) is 0 Å². The monoisotopic (exact) mass is 330 g/mol. The molecule has 1 aromatic heterocycles. The fourth-order valence-electron chi connectivity index (χ4n) is 2.37. The number of aryl methyl sites for hydroxylation is 1. The van der Waals surface area contributed by atoms with Crippen molar-refractivity contribution < 1.29 is 8.42 Å². The fraction of sp³-hybridized carbons (Fsp3) is 0.800. The highest BCUT2D eigenvalue weighted by Crippen LogP contribution is 2.12. The highest BCUT2D eigenvalue weighted by Gasteiger charge is 2.19. The Morgan fingerprint density at radius 1 is 1.05 bits per heavy atom. The summed E-state index contributed by atoms with van der Waals surface area (Å²) < 4.78 is 26.7. The Morgan fingerprint density at radius 2 is 1.59 bits per heavy atom. The Balaban J connectivity index is 2.25. The highest BCUT2D eigenvalue weighted by atomic mass is 32.2. The molecular formula is C15H30N4O2S. The number of aromatic nitrogens is 2. The first-order valence-corrected chi connectivity index (χ1v) is 9.55. The van der Waals surface area contributed by atoms with Crippen molar-refractivity contribution in [2.75, 3.05) is 20.6 Å². The molecule has 128 valence electrons. The van der Waals surface area contributed by atoms with Gasteiger partial charge in [0.05, 0.1) is 0 Å². The van der Waals surface area contributed by atoms with E-state index < -0.39 is 10.2 Å². The standard InChI is InChI=1S/C15H30N4O2S/c1-18(2)22(20,21)19-14-13-17-15(19)11-9-7-5-3-4-6-8-10-12-16/h13-14H,3-12,16H2,1-2H3. The van der Waals surface area contributed by atoms with Gasteiger partial charge in [-0.1, -0.05) is 38.5 Å².